The van der Waals surface area contributed by atoms with E-state index >= 15 is 0 Å². The molecule has 4 heterocycles. The Morgan fingerprint density at radius 3 is 0.706 bits per heavy atom. The second kappa shape index (κ2) is 17.3. The maximum atomic E-state index is 9.88. The Morgan fingerprint density at radius 1 is 0.353 bits per heavy atom. The summed E-state index contributed by atoms with van der Waals surface area (Å²) in [6.07, 6.45) is 5.09. The molecule has 0 saturated carbocycles. The standard InChI is InChI=1S/C56H38N6.2C3H6/c57-33-43-53(59-45-25-9-1-17-35(45)36-18-2-10-26-46(36)59)54(60-47-27-11-3-19-37(47)38-20-4-12-28-48(38)60)44(34-58)56(62-51-31-15-7-23-41(51)42-24-8-16-32-52(42)62)55(43)61-49-29-13-5-21-39(49)40-22-6-14-30-50(40)61;2*1-3-2/h1-33,57H,34,58H2;2*3H,1H2,2H3. The quantitative estimate of drug-likeness (QED) is 0.127. The minimum atomic E-state index is 0.207. The SMILES string of the molecule is C=CC.C=CC.N=Cc1c(-n2c3ccccc3c3ccccc32)c(-n2c3ccccc3c3ccccc32)c(CN)c(-n2c3ccccc3c3ccccc32)c1-n1c2ccccc2c2ccccc21. The van der Waals surface area contributed by atoms with Gasteiger partial charge in [-0.3, -0.25) is 0 Å². The van der Waals surface area contributed by atoms with E-state index in [1.165, 1.54) is 0 Å². The molecule has 328 valence electrons. The van der Waals surface area contributed by atoms with Crippen LogP contribution in [0.3, 0.4) is 0 Å². The molecule has 6 heteroatoms. The maximum Gasteiger partial charge on any atom is 0.0817 e. The fourth-order valence-electron chi connectivity index (χ4n) is 10.7. The van der Waals surface area contributed by atoms with Crippen molar-refractivity contribution < 1.29 is 0 Å². The van der Waals surface area contributed by atoms with E-state index in [9.17, 15) is 5.41 Å². The Hall–Kier alpha value is -8.71. The van der Waals surface area contributed by atoms with E-state index in [0.29, 0.717) is 0 Å². The lowest BCUT2D eigenvalue weighted by Crippen LogP contribution is -2.20. The molecule has 9 aromatic carbocycles. The van der Waals surface area contributed by atoms with Gasteiger partial charge in [0.05, 0.1) is 66.9 Å². The molecule has 68 heavy (non-hydrogen) atoms. The molecule has 0 spiro atoms. The number of fused-ring (bicyclic) bond motifs is 12. The van der Waals surface area contributed by atoms with E-state index in [0.717, 1.165) is 121 Å². The number of rotatable bonds is 6. The van der Waals surface area contributed by atoms with Gasteiger partial charge in [0, 0.05) is 67.0 Å². The van der Waals surface area contributed by atoms with E-state index in [-0.39, 0.29) is 6.54 Å². The molecule has 0 aliphatic heterocycles. The van der Waals surface area contributed by atoms with Crippen LogP contribution in [0.5, 0.6) is 0 Å². The molecule has 0 fully saturated rings. The summed E-state index contributed by atoms with van der Waals surface area (Å²) in [6, 6.07) is 69.3. The predicted molar refractivity (Wildman–Crippen MR) is 291 cm³/mol. The summed E-state index contributed by atoms with van der Waals surface area (Å²) in [4.78, 5) is 0. The maximum absolute atomic E-state index is 9.88. The third-order valence-electron chi connectivity index (χ3n) is 13.1. The number of nitrogens with two attached hydrogens (primary N) is 1. The van der Waals surface area contributed by atoms with Gasteiger partial charge in [-0.15, -0.1) is 13.2 Å². The number of nitrogens with zero attached hydrogens (tertiary/aromatic N) is 4. The summed E-state index contributed by atoms with van der Waals surface area (Å²) in [6.45, 7) is 10.7. The summed E-state index contributed by atoms with van der Waals surface area (Å²) in [5.41, 5.74) is 21.3. The summed E-state index contributed by atoms with van der Waals surface area (Å²) in [5, 5.41) is 19.1. The van der Waals surface area contributed by atoms with Crippen molar-refractivity contribution in [2.24, 2.45) is 5.73 Å². The minimum Gasteiger partial charge on any atom is -0.326 e. The summed E-state index contributed by atoms with van der Waals surface area (Å²) < 4.78 is 9.64. The van der Waals surface area contributed by atoms with Crippen molar-refractivity contribution in [3.8, 4) is 22.7 Å². The zero-order valence-corrected chi connectivity index (χ0v) is 38.2. The molecule has 0 aliphatic carbocycles. The Morgan fingerprint density at radius 2 is 0.529 bits per heavy atom. The second-order valence-electron chi connectivity index (χ2n) is 16.9. The highest BCUT2D eigenvalue weighted by atomic mass is 15.1. The molecular formula is C62H50N6. The summed E-state index contributed by atoms with van der Waals surface area (Å²) in [5.74, 6) is 0. The van der Waals surface area contributed by atoms with Gasteiger partial charge in [-0.05, 0) is 62.4 Å². The normalized spacial score (nSPS) is 11.4. The van der Waals surface area contributed by atoms with Gasteiger partial charge in [-0.2, -0.15) is 0 Å². The zero-order valence-electron chi connectivity index (χ0n) is 38.2. The van der Waals surface area contributed by atoms with Crippen molar-refractivity contribution >= 4 is 93.4 Å². The fraction of sp³-hybridized carbons (Fsp3) is 0.0484. The van der Waals surface area contributed by atoms with E-state index in [4.69, 9.17) is 5.73 Å². The smallest absolute Gasteiger partial charge is 0.0817 e. The van der Waals surface area contributed by atoms with Gasteiger partial charge in [0.25, 0.3) is 0 Å². The molecule has 0 aliphatic rings. The van der Waals surface area contributed by atoms with E-state index in [1.807, 2.05) is 13.8 Å². The van der Waals surface area contributed by atoms with Crippen LogP contribution in [0.4, 0.5) is 0 Å². The number of hydrogen-bond donors (Lipinski definition) is 2. The average Bonchev–Trinajstić information content (AvgIpc) is 4.11. The van der Waals surface area contributed by atoms with Gasteiger partial charge in [-0.25, -0.2) is 0 Å². The Balaban J connectivity index is 0.000000806. The van der Waals surface area contributed by atoms with Gasteiger partial charge >= 0.3 is 0 Å². The number of aromatic nitrogens is 4. The topological polar surface area (TPSA) is 69.6 Å². The number of nitrogens with one attached hydrogen (secondary N) is 1. The Labute approximate surface area is 394 Å². The molecule has 0 saturated heterocycles. The van der Waals surface area contributed by atoms with Crippen molar-refractivity contribution in [2.75, 3.05) is 0 Å². The van der Waals surface area contributed by atoms with Crippen molar-refractivity contribution in [1.82, 2.24) is 18.3 Å². The Kier molecular flexibility index (Phi) is 10.6. The number of allylic oxidation sites excluding steroid dienone is 2. The lowest BCUT2D eigenvalue weighted by Gasteiger charge is -2.29. The van der Waals surface area contributed by atoms with Crippen LogP contribution in [0.15, 0.2) is 219 Å². The fourth-order valence-corrected chi connectivity index (χ4v) is 10.7. The molecule has 0 unspecified atom stereocenters. The molecule has 0 atom stereocenters. The molecule has 13 rings (SSSR count). The molecule has 4 aromatic heterocycles. The van der Waals surface area contributed by atoms with Crippen LogP contribution in [-0.2, 0) is 6.54 Å². The van der Waals surface area contributed by atoms with Gasteiger partial charge < -0.3 is 29.4 Å². The third kappa shape index (κ3) is 6.19. The molecule has 6 nitrogen and oxygen atoms in total. The molecule has 0 amide bonds. The summed E-state index contributed by atoms with van der Waals surface area (Å²) >= 11 is 0. The van der Waals surface area contributed by atoms with Crippen LogP contribution in [-0.4, -0.2) is 24.5 Å². The zero-order chi connectivity index (χ0) is 46.5. The van der Waals surface area contributed by atoms with Crippen molar-refractivity contribution in [1.29, 1.82) is 5.41 Å². The lowest BCUT2D eigenvalue weighted by atomic mass is 9.98. The van der Waals surface area contributed by atoms with Crippen LogP contribution in [0.25, 0.3) is 110 Å². The Bertz CT molecular complexity index is 3640. The molecule has 0 radical (unpaired) electrons. The van der Waals surface area contributed by atoms with Crippen LogP contribution in [0.2, 0.25) is 0 Å². The highest BCUT2D eigenvalue weighted by Gasteiger charge is 2.33. The first-order valence-corrected chi connectivity index (χ1v) is 23.1. The van der Waals surface area contributed by atoms with Gasteiger partial charge in [0.15, 0.2) is 0 Å². The van der Waals surface area contributed by atoms with E-state index in [2.05, 4.69) is 226 Å². The van der Waals surface area contributed by atoms with Crippen molar-refractivity contribution in [3.05, 3.63) is 231 Å². The molecular weight excluding hydrogens is 829 g/mol. The minimum absolute atomic E-state index is 0.207. The van der Waals surface area contributed by atoms with E-state index in [1.54, 1.807) is 18.4 Å². The van der Waals surface area contributed by atoms with Crippen LogP contribution < -0.4 is 5.73 Å². The van der Waals surface area contributed by atoms with Crippen molar-refractivity contribution in [2.45, 2.75) is 20.4 Å². The first-order chi connectivity index (χ1) is 33.6. The van der Waals surface area contributed by atoms with Gasteiger partial charge in [0.1, 0.15) is 0 Å². The van der Waals surface area contributed by atoms with Gasteiger partial charge in [0.2, 0.25) is 0 Å². The summed E-state index contributed by atoms with van der Waals surface area (Å²) in [7, 11) is 0. The van der Waals surface area contributed by atoms with E-state index < -0.39 is 0 Å². The lowest BCUT2D eigenvalue weighted by molar-refractivity contribution is 0.956. The highest BCUT2D eigenvalue weighted by Crippen LogP contribution is 2.48. The highest BCUT2D eigenvalue weighted by molar-refractivity contribution is 6.16. The molecule has 3 N–H and O–H groups in total. The van der Waals surface area contributed by atoms with Crippen molar-refractivity contribution in [3.63, 3.8) is 0 Å². The first-order valence-electron chi connectivity index (χ1n) is 23.1. The molecule has 0 bridgehead atoms. The number of para-hydroxylation sites is 8. The van der Waals surface area contributed by atoms with Crippen LogP contribution >= 0.6 is 0 Å². The predicted octanol–water partition coefficient (Wildman–Crippen LogP) is 15.9. The third-order valence-corrected chi connectivity index (χ3v) is 13.1. The second-order valence-corrected chi connectivity index (χ2v) is 16.9. The first kappa shape index (κ1) is 42.0. The van der Waals surface area contributed by atoms with Crippen LogP contribution in [0, 0.1) is 5.41 Å². The largest absolute Gasteiger partial charge is 0.326 e. The number of hydrogen-bond acceptors (Lipinski definition) is 2. The molecule has 13 aromatic rings. The average molecular weight is 879 g/mol. The monoisotopic (exact) mass is 878 g/mol. The van der Waals surface area contributed by atoms with Crippen LogP contribution in [0.1, 0.15) is 25.0 Å². The van der Waals surface area contributed by atoms with Gasteiger partial charge in [-0.1, -0.05) is 158 Å². The number of benzene rings is 9.